The fourth-order valence-electron chi connectivity index (χ4n) is 2.84. The van der Waals surface area contributed by atoms with Crippen molar-refractivity contribution in [3.8, 4) is 22.8 Å². The maximum Gasteiger partial charge on any atom is 0.132 e. The second-order valence-electron chi connectivity index (χ2n) is 5.21. The molecule has 112 valence electrons. The zero-order chi connectivity index (χ0) is 14.8. The molecule has 0 saturated heterocycles. The van der Waals surface area contributed by atoms with Crippen LogP contribution in [0.2, 0.25) is 0 Å². The van der Waals surface area contributed by atoms with E-state index in [0.29, 0.717) is 0 Å². The number of fused-ring (bicyclic) bond motifs is 1. The molecule has 0 bridgehead atoms. The van der Waals surface area contributed by atoms with Crippen molar-refractivity contribution < 1.29 is 9.47 Å². The molecule has 5 nitrogen and oxygen atoms in total. The van der Waals surface area contributed by atoms with Gasteiger partial charge >= 0.3 is 0 Å². The molecule has 1 aromatic heterocycles. The smallest absolute Gasteiger partial charge is 0.132 e. The molecule has 0 fully saturated rings. The van der Waals surface area contributed by atoms with Crippen molar-refractivity contribution in [3.63, 3.8) is 0 Å². The summed E-state index contributed by atoms with van der Waals surface area (Å²) in [5, 5.41) is 7.71. The summed E-state index contributed by atoms with van der Waals surface area (Å²) in [4.78, 5) is 2.43. The van der Waals surface area contributed by atoms with E-state index >= 15 is 0 Å². The van der Waals surface area contributed by atoms with Gasteiger partial charge in [-0.3, -0.25) is 10.00 Å². The molecular weight excluding hydrogens is 266 g/mol. The Kier molecular flexibility index (Phi) is 3.84. The van der Waals surface area contributed by atoms with E-state index < -0.39 is 0 Å². The highest BCUT2D eigenvalue weighted by molar-refractivity contribution is 5.72. The van der Waals surface area contributed by atoms with E-state index in [1.165, 1.54) is 11.3 Å². The van der Waals surface area contributed by atoms with Crippen LogP contribution in [0.15, 0.2) is 18.2 Å². The van der Waals surface area contributed by atoms with Crippen LogP contribution in [0.3, 0.4) is 0 Å². The Morgan fingerprint density at radius 1 is 1.29 bits per heavy atom. The fraction of sp³-hybridized carbons (Fsp3) is 0.438. The molecule has 1 aliphatic heterocycles. The number of ether oxygens (including phenoxy) is 2. The lowest BCUT2D eigenvalue weighted by molar-refractivity contribution is 0.267. The molecule has 0 amide bonds. The highest BCUT2D eigenvalue weighted by Gasteiger charge is 2.23. The summed E-state index contributed by atoms with van der Waals surface area (Å²) in [6, 6.07) is 5.86. The first-order valence-electron chi connectivity index (χ1n) is 7.27. The maximum atomic E-state index is 5.51. The third kappa shape index (κ3) is 2.49. The summed E-state index contributed by atoms with van der Waals surface area (Å²) in [5.41, 5.74) is 4.52. The number of hydrogen-bond donors (Lipinski definition) is 1. The number of nitrogens with zero attached hydrogens (tertiary/aromatic N) is 2. The van der Waals surface area contributed by atoms with Crippen molar-refractivity contribution in [3.05, 3.63) is 29.5 Å². The first kappa shape index (κ1) is 13.9. The summed E-state index contributed by atoms with van der Waals surface area (Å²) < 4.78 is 10.8. The number of aromatic amines is 1. The molecule has 5 heteroatoms. The van der Waals surface area contributed by atoms with E-state index in [4.69, 9.17) is 9.47 Å². The Morgan fingerprint density at radius 2 is 2.14 bits per heavy atom. The van der Waals surface area contributed by atoms with Crippen molar-refractivity contribution in [1.29, 1.82) is 0 Å². The van der Waals surface area contributed by atoms with Crippen LogP contribution in [0.25, 0.3) is 11.3 Å². The number of hydrogen-bond acceptors (Lipinski definition) is 4. The van der Waals surface area contributed by atoms with E-state index in [9.17, 15) is 0 Å². The molecule has 0 unspecified atom stereocenters. The summed E-state index contributed by atoms with van der Waals surface area (Å²) in [7, 11) is 3.33. The van der Waals surface area contributed by atoms with Crippen molar-refractivity contribution in [2.24, 2.45) is 0 Å². The fourth-order valence-corrected chi connectivity index (χ4v) is 2.84. The second kappa shape index (κ2) is 5.77. The number of methoxy groups -OCH3 is 2. The van der Waals surface area contributed by atoms with Gasteiger partial charge in [0.05, 0.1) is 14.2 Å². The first-order valence-corrected chi connectivity index (χ1v) is 7.27. The van der Waals surface area contributed by atoms with Gasteiger partial charge in [0.1, 0.15) is 17.2 Å². The number of nitrogens with one attached hydrogen (secondary N) is 1. The van der Waals surface area contributed by atoms with Gasteiger partial charge in [-0.1, -0.05) is 6.92 Å². The first-order chi connectivity index (χ1) is 10.3. The summed E-state index contributed by atoms with van der Waals surface area (Å²) in [6.45, 7) is 5.28. The largest absolute Gasteiger partial charge is 0.497 e. The van der Waals surface area contributed by atoms with E-state index in [0.717, 1.165) is 48.8 Å². The number of H-pyrrole nitrogens is 1. The molecule has 0 saturated carbocycles. The highest BCUT2D eigenvalue weighted by Crippen LogP contribution is 2.36. The standard InChI is InChI=1S/C16H21N3O2/c1-4-19-8-7-14-13(10-19)16(18-17-14)12-6-5-11(20-2)9-15(12)21-3/h5-6,9H,4,7-8,10H2,1-3H3,(H,17,18). The molecule has 0 spiro atoms. The molecule has 1 aromatic carbocycles. The predicted octanol–water partition coefficient (Wildman–Crippen LogP) is 2.47. The Morgan fingerprint density at radius 3 is 2.86 bits per heavy atom. The summed E-state index contributed by atoms with van der Waals surface area (Å²) in [6.07, 6.45) is 1.02. The van der Waals surface area contributed by atoms with Gasteiger partial charge in [0, 0.05) is 42.4 Å². The summed E-state index contributed by atoms with van der Waals surface area (Å²) in [5.74, 6) is 1.58. The SMILES string of the molecule is CCN1CCc2[nH]nc(-c3ccc(OC)cc3OC)c2C1. The van der Waals surface area contributed by atoms with E-state index in [1.807, 2.05) is 18.2 Å². The highest BCUT2D eigenvalue weighted by atomic mass is 16.5. The van der Waals surface area contributed by atoms with Gasteiger partial charge in [-0.05, 0) is 18.7 Å². The molecule has 2 heterocycles. The zero-order valence-corrected chi connectivity index (χ0v) is 12.8. The normalized spacial score (nSPS) is 14.8. The lowest BCUT2D eigenvalue weighted by atomic mass is 10.0. The Balaban J connectivity index is 2.04. The molecule has 0 radical (unpaired) electrons. The van der Waals surface area contributed by atoms with Gasteiger partial charge in [-0.25, -0.2) is 0 Å². The molecule has 2 aromatic rings. The van der Waals surface area contributed by atoms with Gasteiger partial charge in [0.25, 0.3) is 0 Å². The van der Waals surface area contributed by atoms with Crippen molar-refractivity contribution in [1.82, 2.24) is 15.1 Å². The van der Waals surface area contributed by atoms with Crippen LogP contribution >= 0.6 is 0 Å². The second-order valence-corrected chi connectivity index (χ2v) is 5.21. The minimum atomic E-state index is 0.787. The monoisotopic (exact) mass is 287 g/mol. The topological polar surface area (TPSA) is 50.4 Å². The van der Waals surface area contributed by atoms with Crippen LogP contribution in [0.1, 0.15) is 18.2 Å². The third-order valence-corrected chi connectivity index (χ3v) is 4.12. The van der Waals surface area contributed by atoms with Crippen molar-refractivity contribution in [2.75, 3.05) is 27.3 Å². The van der Waals surface area contributed by atoms with Gasteiger partial charge in [-0.15, -0.1) is 0 Å². The van der Waals surface area contributed by atoms with E-state index in [-0.39, 0.29) is 0 Å². The Bertz CT molecular complexity index is 636. The minimum Gasteiger partial charge on any atom is -0.497 e. The molecule has 21 heavy (non-hydrogen) atoms. The van der Waals surface area contributed by atoms with Gasteiger partial charge in [0.15, 0.2) is 0 Å². The van der Waals surface area contributed by atoms with E-state index in [2.05, 4.69) is 22.0 Å². The lowest BCUT2D eigenvalue weighted by Gasteiger charge is -2.25. The molecule has 0 atom stereocenters. The number of likely N-dealkylation sites (N-methyl/N-ethyl adjacent to an activating group) is 1. The van der Waals surface area contributed by atoms with E-state index in [1.54, 1.807) is 14.2 Å². The quantitative estimate of drug-likeness (QED) is 0.938. The van der Waals surface area contributed by atoms with Crippen LogP contribution in [0.4, 0.5) is 0 Å². The minimum absolute atomic E-state index is 0.787. The Labute approximate surface area is 124 Å². The molecule has 1 N–H and O–H groups in total. The average Bonchev–Trinajstić information content (AvgIpc) is 2.96. The number of aromatic nitrogens is 2. The van der Waals surface area contributed by atoms with Crippen LogP contribution in [0.5, 0.6) is 11.5 Å². The van der Waals surface area contributed by atoms with Crippen molar-refractivity contribution >= 4 is 0 Å². The molecule has 0 aliphatic carbocycles. The van der Waals surface area contributed by atoms with Crippen LogP contribution in [-0.4, -0.2) is 42.4 Å². The lowest BCUT2D eigenvalue weighted by Crippen LogP contribution is -2.30. The maximum absolute atomic E-state index is 5.51. The zero-order valence-electron chi connectivity index (χ0n) is 12.8. The third-order valence-electron chi connectivity index (χ3n) is 4.12. The molecule has 1 aliphatic rings. The van der Waals surface area contributed by atoms with Crippen LogP contribution < -0.4 is 9.47 Å². The van der Waals surface area contributed by atoms with Gasteiger partial charge < -0.3 is 9.47 Å². The summed E-state index contributed by atoms with van der Waals surface area (Å²) >= 11 is 0. The van der Waals surface area contributed by atoms with Crippen molar-refractivity contribution in [2.45, 2.75) is 19.9 Å². The predicted molar refractivity (Wildman–Crippen MR) is 81.8 cm³/mol. The Hall–Kier alpha value is -2.01. The molecule has 3 rings (SSSR count). The van der Waals surface area contributed by atoms with Gasteiger partial charge in [0.2, 0.25) is 0 Å². The molecular formula is C16H21N3O2. The average molecular weight is 287 g/mol. The van der Waals surface area contributed by atoms with Gasteiger partial charge in [-0.2, -0.15) is 5.10 Å². The number of rotatable bonds is 4. The van der Waals surface area contributed by atoms with Crippen LogP contribution in [0, 0.1) is 0 Å². The van der Waals surface area contributed by atoms with Crippen LogP contribution in [-0.2, 0) is 13.0 Å². The number of benzene rings is 1.